The lowest BCUT2D eigenvalue weighted by atomic mass is 10.1. The molecule has 15 heavy (non-hydrogen) atoms. The van der Waals surface area contributed by atoms with E-state index in [0.29, 0.717) is 5.56 Å². The standard InChI is InChI=1S/C13H11NO/c1-11(8-9-15)2-3-12-4-6-13(10-14)7-5-12/h2-9H,1H3/b3-2+,11-8-. The molecule has 0 atom stereocenters. The van der Waals surface area contributed by atoms with Crippen molar-refractivity contribution in [3.8, 4) is 6.07 Å². The van der Waals surface area contributed by atoms with Crippen molar-refractivity contribution < 1.29 is 4.79 Å². The van der Waals surface area contributed by atoms with Crippen molar-refractivity contribution in [3.05, 3.63) is 53.1 Å². The minimum absolute atomic E-state index is 0.646. The van der Waals surface area contributed by atoms with Crippen molar-refractivity contribution in [2.75, 3.05) is 0 Å². The van der Waals surface area contributed by atoms with E-state index < -0.39 is 0 Å². The molecule has 0 amide bonds. The van der Waals surface area contributed by atoms with E-state index in [1.54, 1.807) is 12.1 Å². The molecular weight excluding hydrogens is 186 g/mol. The molecule has 0 aliphatic carbocycles. The summed E-state index contributed by atoms with van der Waals surface area (Å²) in [6.45, 7) is 1.86. The Kier molecular flexibility index (Phi) is 4.05. The first-order valence-electron chi connectivity index (χ1n) is 4.56. The molecule has 0 aliphatic rings. The molecule has 1 aromatic rings. The maximum absolute atomic E-state index is 10.2. The van der Waals surface area contributed by atoms with Crippen LogP contribution >= 0.6 is 0 Å². The third-order valence-corrected chi connectivity index (χ3v) is 1.91. The van der Waals surface area contributed by atoms with Crippen LogP contribution in [0.15, 0.2) is 42.0 Å². The van der Waals surface area contributed by atoms with Crippen LogP contribution in [-0.4, -0.2) is 6.29 Å². The van der Waals surface area contributed by atoms with Gasteiger partial charge in [0.2, 0.25) is 0 Å². The molecule has 0 bridgehead atoms. The zero-order chi connectivity index (χ0) is 11.1. The van der Waals surface area contributed by atoms with Crippen molar-refractivity contribution in [2.45, 2.75) is 6.92 Å². The molecule has 0 unspecified atom stereocenters. The van der Waals surface area contributed by atoms with Gasteiger partial charge in [-0.2, -0.15) is 5.26 Å². The summed E-state index contributed by atoms with van der Waals surface area (Å²) in [5, 5.41) is 8.60. The molecule has 0 fully saturated rings. The van der Waals surface area contributed by atoms with Crippen molar-refractivity contribution in [3.63, 3.8) is 0 Å². The summed E-state index contributed by atoms with van der Waals surface area (Å²) in [6, 6.07) is 9.31. The van der Waals surface area contributed by atoms with E-state index in [4.69, 9.17) is 5.26 Å². The van der Waals surface area contributed by atoms with Gasteiger partial charge in [0.25, 0.3) is 0 Å². The highest BCUT2D eigenvalue weighted by atomic mass is 16.1. The monoisotopic (exact) mass is 197 g/mol. The molecule has 2 nitrogen and oxygen atoms in total. The van der Waals surface area contributed by atoms with Crippen LogP contribution < -0.4 is 0 Å². The van der Waals surface area contributed by atoms with Crippen LogP contribution in [0.4, 0.5) is 0 Å². The van der Waals surface area contributed by atoms with Crippen LogP contribution in [-0.2, 0) is 4.79 Å². The second-order valence-electron chi connectivity index (χ2n) is 3.11. The van der Waals surface area contributed by atoms with E-state index in [0.717, 1.165) is 17.4 Å². The third kappa shape index (κ3) is 3.61. The average Bonchev–Trinajstić information content (AvgIpc) is 2.27. The second kappa shape index (κ2) is 5.56. The quantitative estimate of drug-likeness (QED) is 0.424. The molecule has 0 spiro atoms. The van der Waals surface area contributed by atoms with Crippen molar-refractivity contribution in [1.29, 1.82) is 5.26 Å². The lowest BCUT2D eigenvalue weighted by molar-refractivity contribution is -0.104. The number of hydrogen-bond acceptors (Lipinski definition) is 2. The SMILES string of the molecule is CC(=C/C=O)/C=C/c1ccc(C#N)cc1. The number of rotatable bonds is 3. The van der Waals surface area contributed by atoms with Gasteiger partial charge in [0.05, 0.1) is 11.6 Å². The number of carbonyl (C=O) groups excluding carboxylic acids is 1. The highest BCUT2D eigenvalue weighted by molar-refractivity contribution is 5.68. The molecule has 0 radical (unpaired) electrons. The number of nitriles is 1. The highest BCUT2D eigenvalue weighted by Gasteiger charge is 1.89. The molecule has 0 aromatic heterocycles. The van der Waals surface area contributed by atoms with E-state index in [-0.39, 0.29) is 0 Å². The summed E-state index contributed by atoms with van der Waals surface area (Å²) >= 11 is 0. The van der Waals surface area contributed by atoms with Gasteiger partial charge in [-0.25, -0.2) is 0 Å². The Bertz CT molecular complexity index is 433. The molecule has 0 heterocycles. The molecule has 2 heteroatoms. The van der Waals surface area contributed by atoms with Gasteiger partial charge in [-0.05, 0) is 36.3 Å². The predicted octanol–water partition coefficient (Wildman–Crippen LogP) is 2.72. The predicted molar refractivity (Wildman–Crippen MR) is 60.0 cm³/mol. The summed E-state index contributed by atoms with van der Waals surface area (Å²) in [7, 11) is 0. The number of nitrogens with zero attached hydrogens (tertiary/aromatic N) is 1. The minimum atomic E-state index is 0.646. The van der Waals surface area contributed by atoms with Gasteiger partial charge in [-0.1, -0.05) is 24.3 Å². The van der Waals surface area contributed by atoms with Crippen molar-refractivity contribution in [1.82, 2.24) is 0 Å². The number of aldehydes is 1. The van der Waals surface area contributed by atoms with Gasteiger partial charge in [0, 0.05) is 0 Å². The summed E-state index contributed by atoms with van der Waals surface area (Å²) in [6.07, 6.45) is 6.02. The van der Waals surface area contributed by atoms with Crippen LogP contribution in [0, 0.1) is 11.3 Å². The van der Waals surface area contributed by atoms with E-state index in [1.165, 1.54) is 6.08 Å². The fraction of sp³-hybridized carbons (Fsp3) is 0.0769. The molecule has 1 aromatic carbocycles. The largest absolute Gasteiger partial charge is 0.299 e. The van der Waals surface area contributed by atoms with Gasteiger partial charge in [0.15, 0.2) is 0 Å². The Hall–Kier alpha value is -2.14. The Morgan fingerprint density at radius 3 is 2.53 bits per heavy atom. The smallest absolute Gasteiger partial charge is 0.143 e. The van der Waals surface area contributed by atoms with Crippen LogP contribution in [0.1, 0.15) is 18.1 Å². The Labute approximate surface area is 89.2 Å². The van der Waals surface area contributed by atoms with Crippen LogP contribution in [0.2, 0.25) is 0 Å². The first-order valence-corrected chi connectivity index (χ1v) is 4.56. The second-order valence-corrected chi connectivity index (χ2v) is 3.11. The first-order chi connectivity index (χ1) is 7.26. The lowest BCUT2D eigenvalue weighted by Gasteiger charge is -1.93. The van der Waals surface area contributed by atoms with E-state index in [1.807, 2.05) is 31.2 Å². The molecule has 0 saturated heterocycles. The zero-order valence-electron chi connectivity index (χ0n) is 8.47. The topological polar surface area (TPSA) is 40.9 Å². The molecule has 0 N–H and O–H groups in total. The fourth-order valence-electron chi connectivity index (χ4n) is 1.06. The van der Waals surface area contributed by atoms with Crippen molar-refractivity contribution in [2.24, 2.45) is 0 Å². The molecule has 0 saturated carbocycles. The van der Waals surface area contributed by atoms with Crippen molar-refractivity contribution >= 4 is 12.4 Å². The van der Waals surface area contributed by atoms with Gasteiger partial charge >= 0.3 is 0 Å². The average molecular weight is 197 g/mol. The number of carbonyl (C=O) groups is 1. The Morgan fingerprint density at radius 1 is 1.33 bits per heavy atom. The molecular formula is C13H11NO. The van der Waals surface area contributed by atoms with E-state index >= 15 is 0 Å². The lowest BCUT2D eigenvalue weighted by Crippen LogP contribution is -1.75. The minimum Gasteiger partial charge on any atom is -0.299 e. The number of allylic oxidation sites excluding steroid dienone is 3. The molecule has 1 rings (SSSR count). The maximum Gasteiger partial charge on any atom is 0.143 e. The van der Waals surface area contributed by atoms with Crippen LogP contribution in [0.25, 0.3) is 6.08 Å². The summed E-state index contributed by atoms with van der Waals surface area (Å²) in [5.74, 6) is 0. The van der Waals surface area contributed by atoms with Crippen LogP contribution in [0.5, 0.6) is 0 Å². The van der Waals surface area contributed by atoms with Gasteiger partial charge in [0.1, 0.15) is 6.29 Å². The Balaban J connectivity index is 2.78. The van der Waals surface area contributed by atoms with Crippen LogP contribution in [0.3, 0.4) is 0 Å². The summed E-state index contributed by atoms with van der Waals surface area (Å²) in [4.78, 5) is 10.2. The number of hydrogen-bond donors (Lipinski definition) is 0. The normalized spacial score (nSPS) is 11.3. The summed E-state index contributed by atoms with van der Waals surface area (Å²) in [5.41, 5.74) is 2.55. The third-order valence-electron chi connectivity index (χ3n) is 1.91. The first kappa shape index (κ1) is 10.9. The van der Waals surface area contributed by atoms with Gasteiger partial charge in [-0.3, -0.25) is 4.79 Å². The van der Waals surface area contributed by atoms with Gasteiger partial charge in [-0.15, -0.1) is 0 Å². The van der Waals surface area contributed by atoms with E-state index in [9.17, 15) is 4.79 Å². The Morgan fingerprint density at radius 2 is 2.00 bits per heavy atom. The number of benzene rings is 1. The fourth-order valence-corrected chi connectivity index (χ4v) is 1.06. The maximum atomic E-state index is 10.2. The zero-order valence-corrected chi connectivity index (χ0v) is 8.47. The molecule has 74 valence electrons. The van der Waals surface area contributed by atoms with E-state index in [2.05, 4.69) is 6.07 Å². The molecule has 0 aliphatic heterocycles. The summed E-state index contributed by atoms with van der Waals surface area (Å²) < 4.78 is 0. The highest BCUT2D eigenvalue weighted by Crippen LogP contribution is 2.06. The van der Waals surface area contributed by atoms with Gasteiger partial charge < -0.3 is 0 Å².